The van der Waals surface area contributed by atoms with Gasteiger partial charge in [0.15, 0.2) is 4.90 Å². The van der Waals surface area contributed by atoms with Crippen LogP contribution in [-0.4, -0.2) is 37.5 Å². The summed E-state index contributed by atoms with van der Waals surface area (Å²) < 4.78 is 49.3. The number of alkyl halides is 2. The minimum atomic E-state index is -4.42. The number of nitro benzene ring substituents is 1. The molecule has 1 rings (SSSR count). The molecule has 7 nitrogen and oxygen atoms in total. The van der Waals surface area contributed by atoms with Crippen LogP contribution in [0.5, 0.6) is 0 Å². The lowest BCUT2D eigenvalue weighted by atomic mass is 10.3. The number of aliphatic hydroxyl groups excluding tert-OH is 1. The monoisotopic (exact) mass is 330 g/mol. The highest BCUT2D eigenvalue weighted by atomic mass is 35.5. The van der Waals surface area contributed by atoms with Crippen molar-refractivity contribution in [3.63, 3.8) is 0 Å². The first-order chi connectivity index (χ1) is 9.15. The van der Waals surface area contributed by atoms with Gasteiger partial charge in [-0.15, -0.1) is 0 Å². The molecule has 0 spiro atoms. The van der Waals surface area contributed by atoms with Crippen LogP contribution in [-0.2, 0) is 10.0 Å². The number of nitrogens with one attached hydrogen (secondary N) is 1. The highest BCUT2D eigenvalue weighted by molar-refractivity contribution is 7.89. The molecule has 0 saturated heterocycles. The Balaban J connectivity index is 3.07. The molecule has 0 aliphatic rings. The summed E-state index contributed by atoms with van der Waals surface area (Å²) in [4.78, 5) is 9.06. The smallest absolute Gasteiger partial charge is 0.290 e. The van der Waals surface area contributed by atoms with Gasteiger partial charge in [0.1, 0.15) is 6.10 Å². The zero-order valence-electron chi connectivity index (χ0n) is 9.66. The Morgan fingerprint density at radius 2 is 2.05 bits per heavy atom. The summed E-state index contributed by atoms with van der Waals surface area (Å²) >= 11 is 5.52. The maximum absolute atomic E-state index is 12.1. The topological polar surface area (TPSA) is 110 Å². The van der Waals surface area contributed by atoms with Gasteiger partial charge in [-0.2, -0.15) is 0 Å². The molecular weight excluding hydrogens is 322 g/mol. The first-order valence-corrected chi connectivity index (χ1v) is 6.91. The van der Waals surface area contributed by atoms with Gasteiger partial charge in [-0.1, -0.05) is 11.6 Å². The van der Waals surface area contributed by atoms with Crippen LogP contribution in [0.15, 0.2) is 23.1 Å². The molecule has 112 valence electrons. The van der Waals surface area contributed by atoms with Crippen molar-refractivity contribution in [1.82, 2.24) is 4.72 Å². The number of sulfonamides is 1. The van der Waals surface area contributed by atoms with Gasteiger partial charge >= 0.3 is 0 Å². The zero-order valence-corrected chi connectivity index (χ0v) is 11.2. The third-order valence-electron chi connectivity index (χ3n) is 2.18. The predicted octanol–water partition coefficient (Wildman–Crippen LogP) is 1.15. The Labute approximate surface area is 117 Å². The molecule has 0 heterocycles. The Morgan fingerprint density at radius 1 is 1.45 bits per heavy atom. The lowest BCUT2D eigenvalue weighted by molar-refractivity contribution is -0.387. The minimum absolute atomic E-state index is 0.0525. The molecular formula is C9H9ClF2N2O5S. The molecule has 0 aliphatic carbocycles. The first kappa shape index (κ1) is 16.7. The van der Waals surface area contributed by atoms with E-state index in [1.54, 1.807) is 4.72 Å². The van der Waals surface area contributed by atoms with Crippen LogP contribution < -0.4 is 4.72 Å². The van der Waals surface area contributed by atoms with Crippen molar-refractivity contribution in [1.29, 1.82) is 0 Å². The molecule has 1 unspecified atom stereocenters. The number of hydrogen-bond donors (Lipinski definition) is 2. The summed E-state index contributed by atoms with van der Waals surface area (Å²) in [5.74, 6) is 0. The average Bonchev–Trinajstić information content (AvgIpc) is 2.35. The Bertz CT molecular complexity index is 610. The first-order valence-electron chi connectivity index (χ1n) is 5.05. The molecule has 2 N–H and O–H groups in total. The number of nitro groups is 1. The van der Waals surface area contributed by atoms with Gasteiger partial charge < -0.3 is 5.11 Å². The van der Waals surface area contributed by atoms with E-state index in [-0.39, 0.29) is 5.02 Å². The summed E-state index contributed by atoms with van der Waals surface area (Å²) in [6.45, 7) is -0.972. The summed E-state index contributed by atoms with van der Waals surface area (Å²) in [5.41, 5.74) is -0.795. The Kier molecular flexibility index (Phi) is 5.34. The van der Waals surface area contributed by atoms with E-state index >= 15 is 0 Å². The van der Waals surface area contributed by atoms with E-state index in [1.807, 2.05) is 0 Å². The zero-order chi connectivity index (χ0) is 15.5. The largest absolute Gasteiger partial charge is 0.386 e. The summed E-state index contributed by atoms with van der Waals surface area (Å²) in [7, 11) is -4.42. The molecule has 0 amide bonds. The lowest BCUT2D eigenvalue weighted by Crippen LogP contribution is -2.36. The minimum Gasteiger partial charge on any atom is -0.386 e. The van der Waals surface area contributed by atoms with E-state index in [0.717, 1.165) is 18.2 Å². The number of nitrogens with zero attached hydrogens (tertiary/aromatic N) is 1. The Hall–Kier alpha value is -1.36. The quantitative estimate of drug-likeness (QED) is 0.600. The lowest BCUT2D eigenvalue weighted by Gasteiger charge is -2.11. The predicted molar refractivity (Wildman–Crippen MR) is 65.3 cm³/mol. The van der Waals surface area contributed by atoms with Crippen LogP contribution in [0.3, 0.4) is 0 Å². The third-order valence-corrected chi connectivity index (χ3v) is 3.89. The van der Waals surface area contributed by atoms with E-state index in [4.69, 9.17) is 16.7 Å². The second-order valence-electron chi connectivity index (χ2n) is 3.62. The fraction of sp³-hybridized carbons (Fsp3) is 0.333. The third kappa shape index (κ3) is 4.07. The second kappa shape index (κ2) is 6.39. The van der Waals surface area contributed by atoms with Gasteiger partial charge in [-0.3, -0.25) is 10.1 Å². The van der Waals surface area contributed by atoms with Crippen LogP contribution in [0, 0.1) is 10.1 Å². The van der Waals surface area contributed by atoms with Gasteiger partial charge in [0.2, 0.25) is 10.0 Å². The summed E-state index contributed by atoms with van der Waals surface area (Å²) in [5, 5.41) is 19.5. The fourth-order valence-electron chi connectivity index (χ4n) is 1.22. The van der Waals surface area contributed by atoms with Crippen molar-refractivity contribution in [3.05, 3.63) is 33.3 Å². The van der Waals surface area contributed by atoms with E-state index in [0.29, 0.717) is 0 Å². The maximum Gasteiger partial charge on any atom is 0.290 e. The van der Waals surface area contributed by atoms with E-state index < -0.39 is 44.6 Å². The van der Waals surface area contributed by atoms with Gasteiger partial charge in [0, 0.05) is 17.6 Å². The van der Waals surface area contributed by atoms with Crippen molar-refractivity contribution >= 4 is 27.3 Å². The Morgan fingerprint density at radius 3 is 2.55 bits per heavy atom. The van der Waals surface area contributed by atoms with Crippen LogP contribution >= 0.6 is 11.6 Å². The molecule has 0 aromatic heterocycles. The maximum atomic E-state index is 12.1. The van der Waals surface area contributed by atoms with Crippen molar-refractivity contribution in [2.75, 3.05) is 6.54 Å². The van der Waals surface area contributed by atoms with Gasteiger partial charge in [-0.25, -0.2) is 21.9 Å². The standard InChI is InChI=1S/C9H9ClF2N2O5S/c10-5-1-2-8(6(3-5)14(16)17)20(18,19)13-4-7(15)9(11)12/h1-3,7,9,13,15H,4H2. The average molecular weight is 331 g/mol. The van der Waals surface area contributed by atoms with Crippen molar-refractivity contribution in [2.45, 2.75) is 17.4 Å². The number of benzene rings is 1. The van der Waals surface area contributed by atoms with E-state index in [2.05, 4.69) is 0 Å². The second-order valence-corrected chi connectivity index (χ2v) is 5.79. The molecule has 0 bridgehead atoms. The highest BCUT2D eigenvalue weighted by Gasteiger charge is 2.27. The van der Waals surface area contributed by atoms with Crippen LogP contribution in [0.2, 0.25) is 5.02 Å². The highest BCUT2D eigenvalue weighted by Crippen LogP contribution is 2.26. The van der Waals surface area contributed by atoms with Gasteiger partial charge in [0.05, 0.1) is 4.92 Å². The van der Waals surface area contributed by atoms with Gasteiger partial charge in [-0.05, 0) is 12.1 Å². The van der Waals surface area contributed by atoms with Crippen LogP contribution in [0.25, 0.3) is 0 Å². The van der Waals surface area contributed by atoms with Crippen LogP contribution in [0.4, 0.5) is 14.5 Å². The number of halogens is 3. The molecule has 1 atom stereocenters. The SMILES string of the molecule is O=[N+]([O-])c1cc(Cl)ccc1S(=O)(=O)NCC(O)C(F)F. The normalized spacial score (nSPS) is 13.4. The van der Waals surface area contributed by atoms with Crippen molar-refractivity contribution < 1.29 is 27.2 Å². The summed E-state index contributed by atoms with van der Waals surface area (Å²) in [6, 6.07) is 2.80. The van der Waals surface area contributed by atoms with Crippen molar-refractivity contribution in [2.24, 2.45) is 0 Å². The molecule has 0 aliphatic heterocycles. The van der Waals surface area contributed by atoms with Gasteiger partial charge in [0.25, 0.3) is 12.1 Å². The fourth-order valence-corrected chi connectivity index (χ4v) is 2.59. The van der Waals surface area contributed by atoms with Crippen LogP contribution in [0.1, 0.15) is 0 Å². The number of rotatable bonds is 6. The molecule has 0 radical (unpaired) electrons. The molecule has 1 aromatic rings. The number of aliphatic hydroxyl groups is 1. The van der Waals surface area contributed by atoms with Crippen molar-refractivity contribution in [3.8, 4) is 0 Å². The molecule has 0 fully saturated rings. The molecule has 20 heavy (non-hydrogen) atoms. The van der Waals surface area contributed by atoms with E-state index in [9.17, 15) is 27.3 Å². The molecule has 0 saturated carbocycles. The van der Waals surface area contributed by atoms with E-state index in [1.165, 1.54) is 0 Å². The molecule has 11 heteroatoms. The number of hydrogen-bond acceptors (Lipinski definition) is 5. The summed E-state index contributed by atoms with van der Waals surface area (Å²) in [6.07, 6.45) is -5.35. The molecule has 1 aromatic carbocycles.